The molecule has 3 rings (SSSR count). The molecule has 0 saturated carbocycles. The minimum absolute atomic E-state index is 0.282. The normalized spacial score (nSPS) is 28.3. The molecule has 2 N–H and O–H groups in total. The molecule has 1 aromatic rings. The monoisotopic (exact) mass is 340 g/mol. The highest BCUT2D eigenvalue weighted by atomic mass is 35.5. The molecular formula is C17H25ClN2O3. The first-order valence-corrected chi connectivity index (χ1v) is 8.49. The number of aliphatic hydroxyl groups is 1. The van der Waals surface area contributed by atoms with Gasteiger partial charge in [-0.15, -0.1) is 0 Å². The number of rotatable bonds is 4. The summed E-state index contributed by atoms with van der Waals surface area (Å²) >= 11 is 6.26. The molecule has 2 fully saturated rings. The number of hydrogen-bond acceptors (Lipinski definition) is 5. The standard InChI is InChI=1S/C17H25ClN2O3/c1-22-15-8-16(23-2)14(18)7-12(15)10-20-6-4-17(21)3-5-19-9-13(17)11-20/h7-8,13,19,21H,3-6,9-11H2,1-2H3/t13-,17-/m0/s1. The summed E-state index contributed by atoms with van der Waals surface area (Å²) < 4.78 is 10.7. The van der Waals surface area contributed by atoms with Crippen molar-refractivity contribution >= 4 is 11.6 Å². The van der Waals surface area contributed by atoms with E-state index in [0.29, 0.717) is 10.8 Å². The Labute approximate surface area is 142 Å². The number of hydrogen-bond donors (Lipinski definition) is 2. The van der Waals surface area contributed by atoms with Gasteiger partial charge in [0.25, 0.3) is 0 Å². The average molecular weight is 341 g/mol. The van der Waals surface area contributed by atoms with E-state index in [1.165, 1.54) is 0 Å². The number of benzene rings is 1. The van der Waals surface area contributed by atoms with Crippen molar-refractivity contribution in [2.75, 3.05) is 40.4 Å². The molecule has 6 heteroatoms. The van der Waals surface area contributed by atoms with Gasteiger partial charge >= 0.3 is 0 Å². The maximum Gasteiger partial charge on any atom is 0.141 e. The Hall–Kier alpha value is -1.01. The van der Waals surface area contributed by atoms with Crippen molar-refractivity contribution in [2.45, 2.75) is 25.0 Å². The molecule has 0 aliphatic carbocycles. The zero-order chi connectivity index (χ0) is 16.4. The number of nitrogens with zero attached hydrogens (tertiary/aromatic N) is 1. The summed E-state index contributed by atoms with van der Waals surface area (Å²) in [7, 11) is 3.26. The van der Waals surface area contributed by atoms with Crippen molar-refractivity contribution in [2.24, 2.45) is 5.92 Å². The minimum atomic E-state index is -0.497. The van der Waals surface area contributed by atoms with E-state index in [9.17, 15) is 5.11 Å². The number of likely N-dealkylation sites (tertiary alicyclic amines) is 1. The van der Waals surface area contributed by atoms with Gasteiger partial charge in [-0.25, -0.2) is 0 Å². The molecule has 2 saturated heterocycles. The third kappa shape index (κ3) is 3.43. The van der Waals surface area contributed by atoms with Crippen LogP contribution in [-0.2, 0) is 6.54 Å². The molecule has 23 heavy (non-hydrogen) atoms. The van der Waals surface area contributed by atoms with Crippen molar-refractivity contribution in [1.29, 1.82) is 0 Å². The molecule has 0 unspecified atom stereocenters. The number of nitrogens with one attached hydrogen (secondary N) is 1. The highest BCUT2D eigenvalue weighted by molar-refractivity contribution is 6.32. The van der Waals surface area contributed by atoms with Crippen LogP contribution >= 0.6 is 11.6 Å². The van der Waals surface area contributed by atoms with Crippen molar-refractivity contribution in [1.82, 2.24) is 10.2 Å². The number of fused-ring (bicyclic) bond motifs is 1. The van der Waals surface area contributed by atoms with Crippen molar-refractivity contribution in [3.8, 4) is 11.5 Å². The maximum absolute atomic E-state index is 10.8. The largest absolute Gasteiger partial charge is 0.496 e. The van der Waals surface area contributed by atoms with Crippen LogP contribution in [-0.4, -0.2) is 56.0 Å². The third-order valence-electron chi connectivity index (χ3n) is 5.17. The second kappa shape index (κ2) is 6.85. The quantitative estimate of drug-likeness (QED) is 0.877. The number of halogens is 1. The molecule has 0 bridgehead atoms. The zero-order valence-electron chi connectivity index (χ0n) is 13.8. The van der Waals surface area contributed by atoms with Crippen molar-refractivity contribution in [3.05, 3.63) is 22.7 Å². The van der Waals surface area contributed by atoms with Gasteiger partial charge in [-0.2, -0.15) is 0 Å². The second-order valence-corrected chi connectivity index (χ2v) is 6.95. The predicted octanol–water partition coefficient (Wildman–Crippen LogP) is 1.90. The van der Waals surface area contributed by atoms with Crippen LogP contribution in [0.3, 0.4) is 0 Å². The first kappa shape index (κ1) is 16.8. The molecule has 2 aliphatic heterocycles. The average Bonchev–Trinajstić information content (AvgIpc) is 2.55. The van der Waals surface area contributed by atoms with E-state index in [0.717, 1.165) is 56.9 Å². The van der Waals surface area contributed by atoms with E-state index in [2.05, 4.69) is 10.2 Å². The predicted molar refractivity (Wildman–Crippen MR) is 90.4 cm³/mol. The number of piperidine rings is 2. The summed E-state index contributed by atoms with van der Waals surface area (Å²) in [4.78, 5) is 2.37. The van der Waals surface area contributed by atoms with Crippen LogP contribution in [0.25, 0.3) is 0 Å². The van der Waals surface area contributed by atoms with E-state index < -0.39 is 5.60 Å². The fourth-order valence-corrected chi connectivity index (χ4v) is 3.99. The van der Waals surface area contributed by atoms with Gasteiger partial charge < -0.3 is 19.9 Å². The molecular weight excluding hydrogens is 316 g/mol. The van der Waals surface area contributed by atoms with Crippen LogP contribution < -0.4 is 14.8 Å². The van der Waals surface area contributed by atoms with E-state index in [-0.39, 0.29) is 5.92 Å². The lowest BCUT2D eigenvalue weighted by Crippen LogP contribution is -2.58. The van der Waals surface area contributed by atoms with Crippen LogP contribution in [0.4, 0.5) is 0 Å². The van der Waals surface area contributed by atoms with Gasteiger partial charge in [-0.3, -0.25) is 4.90 Å². The molecule has 0 spiro atoms. The van der Waals surface area contributed by atoms with Crippen LogP contribution in [0.5, 0.6) is 11.5 Å². The van der Waals surface area contributed by atoms with E-state index in [4.69, 9.17) is 21.1 Å². The molecule has 128 valence electrons. The molecule has 5 nitrogen and oxygen atoms in total. The first-order chi connectivity index (χ1) is 11.1. The molecule has 2 atom stereocenters. The molecule has 0 amide bonds. The molecule has 1 aromatic carbocycles. The lowest BCUT2D eigenvalue weighted by atomic mass is 9.76. The SMILES string of the molecule is COc1cc(OC)c(CN2CC[C@@]3(O)CCNC[C@H]3C2)cc1Cl. The Kier molecular flexibility index (Phi) is 5.01. The van der Waals surface area contributed by atoms with Gasteiger partial charge in [0, 0.05) is 43.7 Å². The van der Waals surface area contributed by atoms with E-state index in [1.807, 2.05) is 12.1 Å². The summed E-state index contributed by atoms with van der Waals surface area (Å²) in [6, 6.07) is 3.75. The Morgan fingerprint density at radius 2 is 2.09 bits per heavy atom. The summed E-state index contributed by atoms with van der Waals surface area (Å²) in [6.07, 6.45) is 1.68. The Morgan fingerprint density at radius 3 is 2.83 bits per heavy atom. The topological polar surface area (TPSA) is 54.0 Å². The van der Waals surface area contributed by atoms with Gasteiger partial charge in [0.2, 0.25) is 0 Å². The highest BCUT2D eigenvalue weighted by Crippen LogP contribution is 2.36. The summed E-state index contributed by atoms with van der Waals surface area (Å²) in [6.45, 7) is 4.33. The molecule has 0 radical (unpaired) electrons. The zero-order valence-corrected chi connectivity index (χ0v) is 14.5. The van der Waals surface area contributed by atoms with E-state index in [1.54, 1.807) is 14.2 Å². The maximum atomic E-state index is 10.8. The minimum Gasteiger partial charge on any atom is -0.496 e. The first-order valence-electron chi connectivity index (χ1n) is 8.11. The third-order valence-corrected chi connectivity index (χ3v) is 5.47. The van der Waals surface area contributed by atoms with Gasteiger partial charge in [-0.1, -0.05) is 11.6 Å². The van der Waals surface area contributed by atoms with Gasteiger partial charge in [-0.05, 0) is 25.5 Å². The Balaban J connectivity index is 1.74. The number of ether oxygens (including phenoxy) is 2. The van der Waals surface area contributed by atoms with Crippen molar-refractivity contribution < 1.29 is 14.6 Å². The smallest absolute Gasteiger partial charge is 0.141 e. The van der Waals surface area contributed by atoms with Gasteiger partial charge in [0.1, 0.15) is 11.5 Å². The van der Waals surface area contributed by atoms with Crippen molar-refractivity contribution in [3.63, 3.8) is 0 Å². The van der Waals surface area contributed by atoms with Crippen LogP contribution in [0.15, 0.2) is 12.1 Å². The van der Waals surface area contributed by atoms with Crippen LogP contribution in [0.2, 0.25) is 5.02 Å². The fraction of sp³-hybridized carbons (Fsp3) is 0.647. The lowest BCUT2D eigenvalue weighted by molar-refractivity contribution is -0.0900. The molecule has 2 aliphatic rings. The second-order valence-electron chi connectivity index (χ2n) is 6.54. The molecule has 0 aromatic heterocycles. The van der Waals surface area contributed by atoms with Crippen LogP contribution in [0.1, 0.15) is 18.4 Å². The summed E-state index contributed by atoms with van der Waals surface area (Å²) in [5, 5.41) is 14.7. The molecule has 2 heterocycles. The summed E-state index contributed by atoms with van der Waals surface area (Å²) in [5.74, 6) is 1.69. The Bertz CT molecular complexity index is 569. The van der Waals surface area contributed by atoms with Crippen LogP contribution in [0, 0.1) is 5.92 Å². The fourth-order valence-electron chi connectivity index (χ4n) is 3.72. The van der Waals surface area contributed by atoms with E-state index >= 15 is 0 Å². The van der Waals surface area contributed by atoms with Gasteiger partial charge in [0.05, 0.1) is 24.8 Å². The Morgan fingerprint density at radius 1 is 1.30 bits per heavy atom. The highest BCUT2D eigenvalue weighted by Gasteiger charge is 2.42. The van der Waals surface area contributed by atoms with Gasteiger partial charge in [0.15, 0.2) is 0 Å². The number of methoxy groups -OCH3 is 2. The lowest BCUT2D eigenvalue weighted by Gasteiger charge is -2.47. The summed E-state index contributed by atoms with van der Waals surface area (Å²) in [5.41, 5.74) is 0.552.